The molecule has 0 spiro atoms. The molecule has 1 heteroatoms. The molecule has 52 valence electrons. The lowest BCUT2D eigenvalue weighted by atomic mass is 9.88. The zero-order chi connectivity index (χ0) is 6.10. The summed E-state index contributed by atoms with van der Waals surface area (Å²) in [6, 6.07) is 0. The van der Waals surface area contributed by atoms with Crippen molar-refractivity contribution in [2.75, 3.05) is 5.75 Å². The molecule has 3 fully saturated rings. The van der Waals surface area contributed by atoms with Crippen LogP contribution in [0.25, 0.3) is 0 Å². The first kappa shape index (κ1) is 6.09. The normalized spacial score (nSPS) is 42.7. The summed E-state index contributed by atoms with van der Waals surface area (Å²) in [5, 5.41) is 1.06. The molecular formula is C8H14S. The minimum Gasteiger partial charge on any atom is -0.159 e. The molecule has 2 saturated heterocycles. The van der Waals surface area contributed by atoms with Gasteiger partial charge in [-0.25, -0.2) is 0 Å². The quantitative estimate of drug-likeness (QED) is 0.501. The van der Waals surface area contributed by atoms with Crippen molar-refractivity contribution in [2.45, 2.75) is 37.4 Å². The molecule has 0 amide bonds. The Kier molecular flexibility index (Phi) is 1.71. The van der Waals surface area contributed by atoms with E-state index in [1.807, 2.05) is 0 Å². The number of hydrogen-bond donors (Lipinski definition) is 0. The summed E-state index contributed by atoms with van der Waals surface area (Å²) in [5.74, 6) is 2.58. The van der Waals surface area contributed by atoms with E-state index in [1.165, 1.54) is 37.9 Å². The Balaban J connectivity index is 2.03. The van der Waals surface area contributed by atoms with Crippen molar-refractivity contribution in [2.24, 2.45) is 5.92 Å². The van der Waals surface area contributed by atoms with Crippen molar-refractivity contribution in [1.29, 1.82) is 0 Å². The molecule has 0 aromatic carbocycles. The van der Waals surface area contributed by atoms with Crippen LogP contribution < -0.4 is 0 Å². The van der Waals surface area contributed by atoms with Crippen molar-refractivity contribution in [3.8, 4) is 0 Å². The van der Waals surface area contributed by atoms with Gasteiger partial charge in [-0.05, 0) is 43.8 Å². The smallest absolute Gasteiger partial charge is 0.00472 e. The second-order valence-corrected chi connectivity index (χ2v) is 4.71. The third kappa shape index (κ3) is 1.26. The van der Waals surface area contributed by atoms with Crippen molar-refractivity contribution in [3.63, 3.8) is 0 Å². The van der Waals surface area contributed by atoms with Crippen LogP contribution in [-0.4, -0.2) is 11.0 Å². The summed E-state index contributed by atoms with van der Waals surface area (Å²) in [4.78, 5) is 0. The molecule has 3 rings (SSSR count). The molecule has 1 saturated carbocycles. The van der Waals surface area contributed by atoms with Crippen LogP contribution in [0, 0.1) is 5.92 Å². The van der Waals surface area contributed by atoms with Gasteiger partial charge in [0, 0.05) is 5.25 Å². The average Bonchev–Trinajstić information content (AvgIpc) is 2.21. The van der Waals surface area contributed by atoms with E-state index < -0.39 is 0 Å². The standard InChI is InChI=1S/C8H14S/c1-3-8-4-2-7(1)5-6-9-8/h7-8H,1-6H2. The van der Waals surface area contributed by atoms with Gasteiger partial charge in [0.15, 0.2) is 0 Å². The van der Waals surface area contributed by atoms with E-state index in [-0.39, 0.29) is 0 Å². The van der Waals surface area contributed by atoms with Crippen LogP contribution in [0.4, 0.5) is 0 Å². The predicted octanol–water partition coefficient (Wildman–Crippen LogP) is 2.68. The molecule has 0 unspecified atom stereocenters. The fourth-order valence-electron chi connectivity index (χ4n) is 1.99. The Morgan fingerprint density at radius 3 is 2.44 bits per heavy atom. The summed E-state index contributed by atoms with van der Waals surface area (Å²) in [6.45, 7) is 0. The SMILES string of the molecule is C1CC2CCC(CC2)S1. The Hall–Kier alpha value is 0.350. The highest BCUT2D eigenvalue weighted by Crippen LogP contribution is 2.38. The predicted molar refractivity (Wildman–Crippen MR) is 42.8 cm³/mol. The van der Waals surface area contributed by atoms with Crippen molar-refractivity contribution < 1.29 is 0 Å². The Bertz CT molecular complexity index is 75.2. The summed E-state index contributed by atoms with van der Waals surface area (Å²) in [7, 11) is 0. The number of thioether (sulfide) groups is 1. The van der Waals surface area contributed by atoms with Gasteiger partial charge in [0.1, 0.15) is 0 Å². The molecule has 0 aromatic heterocycles. The zero-order valence-corrected chi connectivity index (χ0v) is 6.62. The first-order valence-electron chi connectivity index (χ1n) is 4.07. The maximum Gasteiger partial charge on any atom is 0.00472 e. The van der Waals surface area contributed by atoms with E-state index >= 15 is 0 Å². The molecule has 0 radical (unpaired) electrons. The summed E-state index contributed by atoms with van der Waals surface area (Å²) in [6.07, 6.45) is 7.64. The van der Waals surface area contributed by atoms with Gasteiger partial charge >= 0.3 is 0 Å². The Morgan fingerprint density at radius 2 is 1.67 bits per heavy atom. The monoisotopic (exact) mass is 142 g/mol. The lowest BCUT2D eigenvalue weighted by molar-refractivity contribution is 0.369. The summed E-state index contributed by atoms with van der Waals surface area (Å²) >= 11 is 2.23. The third-order valence-corrected chi connectivity index (χ3v) is 4.09. The maximum atomic E-state index is 2.23. The van der Waals surface area contributed by atoms with E-state index in [2.05, 4.69) is 11.8 Å². The number of hydrogen-bond acceptors (Lipinski definition) is 1. The minimum atomic E-state index is 1.06. The molecule has 0 N–H and O–H groups in total. The Morgan fingerprint density at radius 1 is 0.889 bits per heavy atom. The highest BCUT2D eigenvalue weighted by molar-refractivity contribution is 7.99. The highest BCUT2D eigenvalue weighted by atomic mass is 32.2. The van der Waals surface area contributed by atoms with Gasteiger partial charge in [-0.3, -0.25) is 0 Å². The molecule has 3 aliphatic rings. The molecular weight excluding hydrogens is 128 g/mol. The molecule has 1 aliphatic carbocycles. The lowest BCUT2D eigenvalue weighted by Gasteiger charge is -2.21. The largest absolute Gasteiger partial charge is 0.159 e. The van der Waals surface area contributed by atoms with E-state index in [4.69, 9.17) is 0 Å². The van der Waals surface area contributed by atoms with Gasteiger partial charge in [0.2, 0.25) is 0 Å². The van der Waals surface area contributed by atoms with Crippen molar-refractivity contribution in [3.05, 3.63) is 0 Å². The van der Waals surface area contributed by atoms with Crippen molar-refractivity contribution >= 4 is 11.8 Å². The molecule has 2 aliphatic heterocycles. The first-order valence-corrected chi connectivity index (χ1v) is 5.11. The molecule has 2 bridgehead atoms. The fourth-order valence-corrected chi connectivity index (χ4v) is 3.40. The topological polar surface area (TPSA) is 0 Å². The number of fused-ring (bicyclic) bond motifs is 4. The summed E-state index contributed by atoms with van der Waals surface area (Å²) in [5.41, 5.74) is 0. The van der Waals surface area contributed by atoms with Gasteiger partial charge in [-0.15, -0.1) is 0 Å². The maximum absolute atomic E-state index is 2.23. The second-order valence-electron chi connectivity index (χ2n) is 3.30. The van der Waals surface area contributed by atoms with Crippen LogP contribution in [0.3, 0.4) is 0 Å². The van der Waals surface area contributed by atoms with Gasteiger partial charge in [-0.2, -0.15) is 11.8 Å². The third-order valence-electron chi connectivity index (χ3n) is 2.67. The zero-order valence-electron chi connectivity index (χ0n) is 5.81. The summed E-state index contributed by atoms with van der Waals surface area (Å²) < 4.78 is 0. The van der Waals surface area contributed by atoms with E-state index in [1.54, 1.807) is 0 Å². The van der Waals surface area contributed by atoms with Crippen LogP contribution in [0.15, 0.2) is 0 Å². The van der Waals surface area contributed by atoms with Crippen LogP contribution in [0.1, 0.15) is 32.1 Å². The molecule has 0 atom stereocenters. The van der Waals surface area contributed by atoms with Crippen LogP contribution in [0.5, 0.6) is 0 Å². The van der Waals surface area contributed by atoms with Gasteiger partial charge in [-0.1, -0.05) is 0 Å². The fraction of sp³-hybridized carbons (Fsp3) is 1.00. The van der Waals surface area contributed by atoms with Crippen LogP contribution in [0.2, 0.25) is 0 Å². The van der Waals surface area contributed by atoms with E-state index in [0.717, 1.165) is 11.2 Å². The first-order chi connectivity index (χ1) is 4.45. The molecule has 9 heavy (non-hydrogen) atoms. The van der Waals surface area contributed by atoms with Crippen molar-refractivity contribution in [1.82, 2.24) is 0 Å². The average molecular weight is 142 g/mol. The van der Waals surface area contributed by atoms with Crippen LogP contribution in [-0.2, 0) is 0 Å². The Labute approximate surface area is 61.4 Å². The highest BCUT2D eigenvalue weighted by Gasteiger charge is 2.24. The molecule has 0 nitrogen and oxygen atoms in total. The number of rotatable bonds is 0. The lowest BCUT2D eigenvalue weighted by Crippen LogP contribution is -2.11. The second kappa shape index (κ2) is 2.53. The van der Waals surface area contributed by atoms with E-state index in [9.17, 15) is 0 Å². The van der Waals surface area contributed by atoms with Crippen LogP contribution >= 0.6 is 11.8 Å². The molecule has 2 heterocycles. The van der Waals surface area contributed by atoms with Gasteiger partial charge in [0.25, 0.3) is 0 Å². The van der Waals surface area contributed by atoms with E-state index in [0.29, 0.717) is 0 Å². The van der Waals surface area contributed by atoms with Gasteiger partial charge in [0.05, 0.1) is 0 Å². The molecule has 0 aromatic rings. The van der Waals surface area contributed by atoms with Gasteiger partial charge < -0.3 is 0 Å². The minimum absolute atomic E-state index is 1.06.